The zero-order valence-corrected chi connectivity index (χ0v) is 14.2. The van der Waals surface area contributed by atoms with Gasteiger partial charge in [0.15, 0.2) is 0 Å². The Bertz CT molecular complexity index is 429. The minimum Gasteiger partial charge on any atom is -0.496 e. The third-order valence-corrected chi connectivity index (χ3v) is 3.58. The van der Waals surface area contributed by atoms with E-state index in [1.165, 1.54) is 5.56 Å². The lowest BCUT2D eigenvalue weighted by atomic mass is 10.1. The fourth-order valence-corrected chi connectivity index (χ4v) is 2.60. The number of aromatic nitrogens is 1. The van der Waals surface area contributed by atoms with Gasteiger partial charge in [-0.2, -0.15) is 0 Å². The Morgan fingerprint density at radius 2 is 2.10 bits per heavy atom. The standard InChI is InChI=1S/C14H23N3O.2ClH/c1-10-7-16-13(12(3)14(10)18-4)9-17-6-5-15-11(2)8-17;;/h7,11,15H,5-6,8-9H2,1-4H3;2*1H. The highest BCUT2D eigenvalue weighted by molar-refractivity contribution is 5.85. The van der Waals surface area contributed by atoms with Crippen molar-refractivity contribution in [2.45, 2.75) is 33.4 Å². The molecule has 1 aromatic rings. The first-order valence-electron chi connectivity index (χ1n) is 6.56. The molecule has 1 aromatic heterocycles. The number of nitrogens with zero attached hydrogens (tertiary/aromatic N) is 2. The Kier molecular flexibility index (Phi) is 8.44. The molecule has 1 atom stereocenters. The number of halogens is 2. The maximum Gasteiger partial charge on any atom is 0.128 e. The largest absolute Gasteiger partial charge is 0.496 e. The van der Waals surface area contributed by atoms with E-state index >= 15 is 0 Å². The Balaban J connectivity index is 0.00000180. The van der Waals surface area contributed by atoms with Gasteiger partial charge < -0.3 is 10.1 Å². The van der Waals surface area contributed by atoms with E-state index in [1.807, 2.05) is 13.1 Å². The number of hydrogen-bond acceptors (Lipinski definition) is 4. The summed E-state index contributed by atoms with van der Waals surface area (Å²) in [5.74, 6) is 0.975. The van der Waals surface area contributed by atoms with Gasteiger partial charge in [0.2, 0.25) is 0 Å². The summed E-state index contributed by atoms with van der Waals surface area (Å²) in [6.45, 7) is 10.5. The first-order chi connectivity index (χ1) is 8.61. The van der Waals surface area contributed by atoms with Crippen molar-refractivity contribution in [2.24, 2.45) is 0 Å². The molecule has 1 N–H and O–H groups in total. The van der Waals surface area contributed by atoms with E-state index in [9.17, 15) is 0 Å². The number of methoxy groups -OCH3 is 1. The van der Waals surface area contributed by atoms with Gasteiger partial charge in [-0.15, -0.1) is 24.8 Å². The number of hydrogen-bond donors (Lipinski definition) is 1. The van der Waals surface area contributed by atoms with Crippen LogP contribution in [0.15, 0.2) is 6.20 Å². The molecular formula is C14H25Cl2N3O. The second-order valence-corrected chi connectivity index (χ2v) is 5.14. The van der Waals surface area contributed by atoms with E-state index in [0.29, 0.717) is 6.04 Å². The van der Waals surface area contributed by atoms with Gasteiger partial charge in [-0.3, -0.25) is 9.88 Å². The summed E-state index contributed by atoms with van der Waals surface area (Å²) in [7, 11) is 1.73. The second kappa shape index (κ2) is 8.67. The zero-order chi connectivity index (χ0) is 13.1. The number of aryl methyl sites for hydroxylation is 1. The summed E-state index contributed by atoms with van der Waals surface area (Å²) in [5.41, 5.74) is 3.41. The van der Waals surface area contributed by atoms with Crippen LogP contribution in [-0.4, -0.2) is 42.7 Å². The molecule has 116 valence electrons. The highest BCUT2D eigenvalue weighted by Crippen LogP contribution is 2.24. The van der Waals surface area contributed by atoms with Crippen molar-refractivity contribution < 1.29 is 4.74 Å². The van der Waals surface area contributed by atoms with E-state index in [-0.39, 0.29) is 24.8 Å². The second-order valence-electron chi connectivity index (χ2n) is 5.14. The summed E-state index contributed by atoms with van der Waals surface area (Å²) in [4.78, 5) is 7.01. The molecule has 20 heavy (non-hydrogen) atoms. The molecule has 1 saturated heterocycles. The lowest BCUT2D eigenvalue weighted by molar-refractivity contribution is 0.197. The van der Waals surface area contributed by atoms with Gasteiger partial charge in [-0.1, -0.05) is 0 Å². The fraction of sp³-hybridized carbons (Fsp3) is 0.643. The Labute approximate surface area is 134 Å². The first-order valence-corrected chi connectivity index (χ1v) is 6.56. The molecule has 2 heterocycles. The minimum atomic E-state index is 0. The topological polar surface area (TPSA) is 37.4 Å². The van der Waals surface area contributed by atoms with Crippen molar-refractivity contribution in [3.05, 3.63) is 23.0 Å². The summed E-state index contributed by atoms with van der Waals surface area (Å²) < 4.78 is 5.46. The summed E-state index contributed by atoms with van der Waals surface area (Å²) in [6.07, 6.45) is 1.91. The molecule has 0 saturated carbocycles. The number of ether oxygens (including phenoxy) is 1. The van der Waals surface area contributed by atoms with Crippen LogP contribution >= 0.6 is 24.8 Å². The van der Waals surface area contributed by atoms with E-state index < -0.39 is 0 Å². The van der Waals surface area contributed by atoms with E-state index in [0.717, 1.165) is 43.2 Å². The normalized spacial score (nSPS) is 18.9. The Morgan fingerprint density at radius 3 is 2.70 bits per heavy atom. The minimum absolute atomic E-state index is 0. The summed E-state index contributed by atoms with van der Waals surface area (Å²) in [5, 5.41) is 3.46. The lowest BCUT2D eigenvalue weighted by Crippen LogP contribution is -2.48. The third kappa shape index (κ3) is 4.48. The molecule has 0 radical (unpaired) electrons. The van der Waals surface area contributed by atoms with Crippen LogP contribution in [0, 0.1) is 13.8 Å². The molecule has 4 nitrogen and oxygen atoms in total. The Hall–Kier alpha value is -0.550. The lowest BCUT2D eigenvalue weighted by Gasteiger charge is -2.32. The van der Waals surface area contributed by atoms with Crippen LogP contribution in [0.4, 0.5) is 0 Å². The monoisotopic (exact) mass is 321 g/mol. The van der Waals surface area contributed by atoms with Crippen LogP contribution in [0.2, 0.25) is 0 Å². The number of rotatable bonds is 3. The van der Waals surface area contributed by atoms with Crippen molar-refractivity contribution in [2.75, 3.05) is 26.7 Å². The molecule has 0 spiro atoms. The third-order valence-electron chi connectivity index (χ3n) is 3.58. The van der Waals surface area contributed by atoms with Crippen LogP contribution in [0.1, 0.15) is 23.7 Å². The van der Waals surface area contributed by atoms with Crippen molar-refractivity contribution in [1.82, 2.24) is 15.2 Å². The van der Waals surface area contributed by atoms with Crippen LogP contribution in [0.25, 0.3) is 0 Å². The zero-order valence-electron chi connectivity index (χ0n) is 12.6. The number of pyridine rings is 1. The Morgan fingerprint density at radius 1 is 1.40 bits per heavy atom. The molecule has 1 aliphatic heterocycles. The van der Waals surface area contributed by atoms with Crippen LogP contribution < -0.4 is 10.1 Å². The average molecular weight is 322 g/mol. The number of nitrogens with one attached hydrogen (secondary N) is 1. The molecule has 0 bridgehead atoms. The van der Waals surface area contributed by atoms with Gasteiger partial charge >= 0.3 is 0 Å². The van der Waals surface area contributed by atoms with Crippen LogP contribution in [0.5, 0.6) is 5.75 Å². The quantitative estimate of drug-likeness (QED) is 0.927. The average Bonchev–Trinajstić information content (AvgIpc) is 2.34. The fourth-order valence-electron chi connectivity index (χ4n) is 2.60. The predicted octanol–water partition coefficient (Wildman–Crippen LogP) is 2.34. The van der Waals surface area contributed by atoms with E-state index in [4.69, 9.17) is 4.74 Å². The smallest absolute Gasteiger partial charge is 0.128 e. The van der Waals surface area contributed by atoms with Gasteiger partial charge in [0.05, 0.1) is 12.8 Å². The summed E-state index contributed by atoms with van der Waals surface area (Å²) in [6, 6.07) is 0.561. The molecule has 2 rings (SSSR count). The van der Waals surface area contributed by atoms with Gasteiger partial charge in [0.1, 0.15) is 5.75 Å². The van der Waals surface area contributed by atoms with Gasteiger partial charge in [0.25, 0.3) is 0 Å². The molecule has 0 aromatic carbocycles. The van der Waals surface area contributed by atoms with Crippen LogP contribution in [-0.2, 0) is 6.54 Å². The highest BCUT2D eigenvalue weighted by Gasteiger charge is 2.18. The molecule has 1 aliphatic rings. The van der Waals surface area contributed by atoms with E-state index in [2.05, 4.69) is 29.0 Å². The number of piperazine rings is 1. The predicted molar refractivity (Wildman–Crippen MR) is 87.5 cm³/mol. The molecule has 1 fully saturated rings. The van der Waals surface area contributed by atoms with Crippen molar-refractivity contribution in [1.29, 1.82) is 0 Å². The van der Waals surface area contributed by atoms with Crippen molar-refractivity contribution in [3.63, 3.8) is 0 Å². The molecule has 6 heteroatoms. The molecular weight excluding hydrogens is 297 g/mol. The van der Waals surface area contributed by atoms with Crippen molar-refractivity contribution in [3.8, 4) is 5.75 Å². The summed E-state index contributed by atoms with van der Waals surface area (Å²) >= 11 is 0. The van der Waals surface area contributed by atoms with Gasteiger partial charge in [-0.25, -0.2) is 0 Å². The van der Waals surface area contributed by atoms with Gasteiger partial charge in [0, 0.05) is 49.5 Å². The SMILES string of the molecule is COc1c(C)cnc(CN2CCNC(C)C2)c1C.Cl.Cl. The molecule has 0 amide bonds. The maximum atomic E-state index is 5.46. The molecule has 1 unspecified atom stereocenters. The van der Waals surface area contributed by atoms with Gasteiger partial charge in [-0.05, 0) is 20.8 Å². The first kappa shape index (κ1) is 19.4. The van der Waals surface area contributed by atoms with Crippen molar-refractivity contribution >= 4 is 24.8 Å². The van der Waals surface area contributed by atoms with Crippen LogP contribution in [0.3, 0.4) is 0 Å². The maximum absolute atomic E-state index is 5.46. The van der Waals surface area contributed by atoms with E-state index in [1.54, 1.807) is 7.11 Å². The highest BCUT2D eigenvalue weighted by atomic mass is 35.5. The molecule has 0 aliphatic carbocycles.